The summed E-state index contributed by atoms with van der Waals surface area (Å²) in [4.78, 5) is 24.0. The summed E-state index contributed by atoms with van der Waals surface area (Å²) in [5.41, 5.74) is 12.1. The Kier molecular flexibility index (Phi) is 12.5. The Morgan fingerprint density at radius 3 is 1.87 bits per heavy atom. The molecule has 254 valence electrons. The summed E-state index contributed by atoms with van der Waals surface area (Å²) < 4.78 is 112. The van der Waals surface area contributed by atoms with Crippen LogP contribution in [0.25, 0.3) is 6.08 Å². The molecule has 3 aromatic carbocycles. The number of nitrogen functional groups attached to an aromatic ring is 2. The Hall–Kier alpha value is -4.95. The monoisotopic (exact) mass is 672 g/mol. The van der Waals surface area contributed by atoms with Crippen molar-refractivity contribution in [1.29, 1.82) is 0 Å². The summed E-state index contributed by atoms with van der Waals surface area (Å²) in [6.07, 6.45) is -8.10. The van der Waals surface area contributed by atoms with Gasteiger partial charge in [0.05, 0.1) is 30.9 Å². The third-order valence-electron chi connectivity index (χ3n) is 6.28. The maximum Gasteiger partial charge on any atom is 0.453 e. The van der Waals surface area contributed by atoms with E-state index in [-0.39, 0.29) is 30.3 Å². The highest BCUT2D eigenvalue weighted by atomic mass is 19.4. The topological polar surface area (TPSA) is 123 Å². The molecule has 0 spiro atoms. The van der Waals surface area contributed by atoms with Crippen LogP contribution >= 0.6 is 0 Å². The molecule has 8 nitrogen and oxygen atoms in total. The van der Waals surface area contributed by atoms with Crippen molar-refractivity contribution in [3.05, 3.63) is 89.5 Å². The average Bonchev–Trinajstić information content (AvgIpc) is 2.99. The Morgan fingerprint density at radius 1 is 0.702 bits per heavy atom. The summed E-state index contributed by atoms with van der Waals surface area (Å²) in [5.74, 6) is -6.27. The zero-order valence-electron chi connectivity index (χ0n) is 24.7. The molecule has 0 atom stereocenters. The SMILES string of the molecule is Nc1cc(N)cc(C(=O)OCCCCOC(=O)/C=C/c2ccc(OC(F)(F)c3ccc(OCCCC(F)(F)C(F)(F)F)cc3)cc2)c1. The first-order valence-corrected chi connectivity index (χ1v) is 14.1. The van der Waals surface area contributed by atoms with Crippen molar-refractivity contribution in [2.75, 3.05) is 31.3 Å². The number of carbonyl (C=O) groups is 2. The lowest BCUT2D eigenvalue weighted by Crippen LogP contribution is -2.36. The van der Waals surface area contributed by atoms with Crippen molar-refractivity contribution in [3.8, 4) is 11.5 Å². The van der Waals surface area contributed by atoms with Gasteiger partial charge in [-0.05, 0) is 85.5 Å². The van der Waals surface area contributed by atoms with Crippen molar-refractivity contribution >= 4 is 29.4 Å². The molecule has 0 aliphatic carbocycles. The van der Waals surface area contributed by atoms with Crippen molar-refractivity contribution < 1.29 is 59.3 Å². The zero-order valence-corrected chi connectivity index (χ0v) is 24.7. The summed E-state index contributed by atoms with van der Waals surface area (Å²) >= 11 is 0. The molecule has 0 heterocycles. The maximum atomic E-state index is 14.7. The Bertz CT molecular complexity index is 1490. The van der Waals surface area contributed by atoms with Crippen molar-refractivity contribution in [2.45, 2.75) is 43.9 Å². The second-order valence-electron chi connectivity index (χ2n) is 10.1. The third-order valence-corrected chi connectivity index (χ3v) is 6.28. The third kappa shape index (κ3) is 11.7. The molecule has 3 aromatic rings. The van der Waals surface area contributed by atoms with E-state index in [0.717, 1.165) is 30.3 Å². The van der Waals surface area contributed by atoms with Crippen LogP contribution in [0.5, 0.6) is 11.5 Å². The van der Waals surface area contributed by atoms with E-state index in [1.54, 1.807) is 0 Å². The molecule has 0 amide bonds. The second-order valence-corrected chi connectivity index (χ2v) is 10.1. The number of benzene rings is 3. The molecule has 0 radical (unpaired) electrons. The molecule has 3 rings (SSSR count). The van der Waals surface area contributed by atoms with Gasteiger partial charge in [-0.25, -0.2) is 9.59 Å². The molecule has 0 saturated carbocycles. The van der Waals surface area contributed by atoms with Crippen LogP contribution in [-0.2, 0) is 20.4 Å². The Balaban J connectivity index is 1.37. The minimum absolute atomic E-state index is 0.00325. The van der Waals surface area contributed by atoms with Gasteiger partial charge in [0.1, 0.15) is 11.5 Å². The van der Waals surface area contributed by atoms with Crippen LogP contribution < -0.4 is 20.9 Å². The lowest BCUT2D eigenvalue weighted by atomic mass is 10.2. The molecule has 0 aromatic heterocycles. The van der Waals surface area contributed by atoms with Crippen LogP contribution in [-0.4, -0.2) is 43.9 Å². The van der Waals surface area contributed by atoms with Gasteiger partial charge in [-0.2, -0.15) is 30.7 Å². The molecule has 0 fully saturated rings. The number of hydrogen-bond acceptors (Lipinski definition) is 8. The summed E-state index contributed by atoms with van der Waals surface area (Å²) in [7, 11) is 0. The molecular weight excluding hydrogens is 641 g/mol. The highest BCUT2D eigenvalue weighted by molar-refractivity contribution is 5.91. The van der Waals surface area contributed by atoms with Gasteiger partial charge in [-0.3, -0.25) is 0 Å². The van der Waals surface area contributed by atoms with Gasteiger partial charge in [0.15, 0.2) is 0 Å². The molecule has 0 unspecified atom stereocenters. The summed E-state index contributed by atoms with van der Waals surface area (Å²) in [6.45, 7) is -0.309. The normalized spacial score (nSPS) is 12.1. The van der Waals surface area contributed by atoms with Crippen molar-refractivity contribution in [1.82, 2.24) is 0 Å². The fourth-order valence-corrected chi connectivity index (χ4v) is 3.86. The average molecular weight is 673 g/mol. The van der Waals surface area contributed by atoms with E-state index in [2.05, 4.69) is 0 Å². The zero-order chi connectivity index (χ0) is 34.7. The van der Waals surface area contributed by atoms with Crippen molar-refractivity contribution in [2.24, 2.45) is 0 Å². The van der Waals surface area contributed by atoms with E-state index in [1.165, 1.54) is 48.5 Å². The summed E-state index contributed by atoms with van der Waals surface area (Å²) in [5, 5.41) is 0. The Morgan fingerprint density at radius 2 is 1.28 bits per heavy atom. The Labute approximate surface area is 265 Å². The highest BCUT2D eigenvalue weighted by Crippen LogP contribution is 2.39. The first-order chi connectivity index (χ1) is 22.1. The molecule has 0 saturated heterocycles. The van der Waals surface area contributed by atoms with Crippen LogP contribution in [0.15, 0.2) is 72.8 Å². The van der Waals surface area contributed by atoms with E-state index < -0.39 is 55.2 Å². The fraction of sp³-hybridized carbons (Fsp3) is 0.312. The molecular formula is C32H31F7N2O6. The largest absolute Gasteiger partial charge is 0.494 e. The molecule has 15 heteroatoms. The van der Waals surface area contributed by atoms with E-state index in [4.69, 9.17) is 30.4 Å². The fourth-order valence-electron chi connectivity index (χ4n) is 3.86. The number of esters is 2. The maximum absolute atomic E-state index is 14.7. The molecule has 0 bridgehead atoms. The van der Waals surface area contributed by atoms with Crippen LogP contribution in [0.1, 0.15) is 47.2 Å². The summed E-state index contributed by atoms with van der Waals surface area (Å²) in [6, 6.07) is 13.9. The van der Waals surface area contributed by atoms with Gasteiger partial charge in [0.25, 0.3) is 0 Å². The number of ether oxygens (including phenoxy) is 4. The molecule has 0 aliphatic heterocycles. The highest BCUT2D eigenvalue weighted by Gasteiger charge is 2.56. The second kappa shape index (κ2) is 16.1. The minimum atomic E-state index is -5.66. The first-order valence-electron chi connectivity index (χ1n) is 14.1. The standard InChI is InChI=1S/C32H31F7N2O6/c33-30(34,32(37,38)39)14-3-17-44-26-11-7-23(8-12-26)31(35,36)47-27-9-4-21(5-10-27)6-13-28(42)45-15-1-2-16-46-29(43)22-18-24(40)20-25(41)19-22/h4-13,18-20H,1-3,14-17,40-41H2/b13-6+. The van der Waals surface area contributed by atoms with Gasteiger partial charge in [0.2, 0.25) is 0 Å². The van der Waals surface area contributed by atoms with Crippen LogP contribution in [0.4, 0.5) is 42.1 Å². The lowest BCUT2D eigenvalue weighted by molar-refractivity contribution is -0.284. The number of hydrogen-bond donors (Lipinski definition) is 2. The van der Waals surface area contributed by atoms with Crippen LogP contribution in [0.3, 0.4) is 0 Å². The lowest BCUT2D eigenvalue weighted by Gasteiger charge is -2.20. The van der Waals surface area contributed by atoms with E-state index >= 15 is 0 Å². The van der Waals surface area contributed by atoms with Gasteiger partial charge >= 0.3 is 30.1 Å². The predicted octanol–water partition coefficient (Wildman–Crippen LogP) is 7.53. The van der Waals surface area contributed by atoms with Gasteiger partial charge in [-0.1, -0.05) is 12.1 Å². The molecule has 47 heavy (non-hydrogen) atoms. The first kappa shape index (κ1) is 36.5. The van der Waals surface area contributed by atoms with E-state index in [0.29, 0.717) is 29.8 Å². The number of alkyl halides is 7. The number of anilines is 2. The van der Waals surface area contributed by atoms with Gasteiger partial charge < -0.3 is 30.4 Å². The predicted molar refractivity (Wildman–Crippen MR) is 158 cm³/mol. The minimum Gasteiger partial charge on any atom is -0.494 e. The quantitative estimate of drug-likeness (QED) is 0.0527. The van der Waals surface area contributed by atoms with E-state index in [9.17, 15) is 40.3 Å². The van der Waals surface area contributed by atoms with Gasteiger partial charge in [-0.15, -0.1) is 0 Å². The molecule has 4 N–H and O–H groups in total. The smallest absolute Gasteiger partial charge is 0.453 e. The number of nitrogens with two attached hydrogens (primary N) is 2. The van der Waals surface area contributed by atoms with Crippen molar-refractivity contribution in [3.63, 3.8) is 0 Å². The van der Waals surface area contributed by atoms with Crippen LogP contribution in [0, 0.1) is 0 Å². The molecule has 0 aliphatic rings. The number of rotatable bonds is 16. The van der Waals surface area contributed by atoms with E-state index in [1.807, 2.05) is 0 Å². The number of halogens is 7. The van der Waals surface area contributed by atoms with Crippen LogP contribution in [0.2, 0.25) is 0 Å². The number of carbonyl (C=O) groups excluding carboxylic acids is 2. The number of unbranched alkanes of at least 4 members (excludes halogenated alkanes) is 1. The van der Waals surface area contributed by atoms with Gasteiger partial charge in [0, 0.05) is 23.9 Å².